The Morgan fingerprint density at radius 3 is 2.44 bits per heavy atom. The molecule has 2 aromatic carbocycles. The molecule has 7 heteroatoms. The minimum absolute atomic E-state index is 0.140. The maximum Gasteiger partial charge on any atom is 0.256 e. The number of benzene rings is 2. The summed E-state index contributed by atoms with van der Waals surface area (Å²) in [7, 11) is 0. The summed E-state index contributed by atoms with van der Waals surface area (Å²) in [5.74, 6) is -2.05. The predicted molar refractivity (Wildman–Crippen MR) is 90.6 cm³/mol. The van der Waals surface area contributed by atoms with E-state index < -0.39 is 17.5 Å². The highest BCUT2D eigenvalue weighted by atomic mass is 35.5. The number of nitrogens with zero attached hydrogens (tertiary/aromatic N) is 3. The lowest BCUT2D eigenvalue weighted by molar-refractivity contribution is 0.0742. The summed E-state index contributed by atoms with van der Waals surface area (Å²) >= 11 is 5.91. The number of hydrogen-bond acceptors (Lipinski definition) is 3. The highest BCUT2D eigenvalue weighted by molar-refractivity contribution is 6.30. The van der Waals surface area contributed by atoms with Gasteiger partial charge in [0.05, 0.1) is 16.8 Å². The van der Waals surface area contributed by atoms with Gasteiger partial charge >= 0.3 is 0 Å². The Balaban J connectivity index is 1.72. The van der Waals surface area contributed by atoms with Crippen LogP contribution in [0.15, 0.2) is 36.4 Å². The van der Waals surface area contributed by atoms with Gasteiger partial charge in [-0.3, -0.25) is 4.79 Å². The molecule has 0 N–H and O–H groups in total. The maximum atomic E-state index is 13.8. The first kappa shape index (κ1) is 17.2. The monoisotopic (exact) mass is 361 g/mol. The van der Waals surface area contributed by atoms with Crippen molar-refractivity contribution in [2.75, 3.05) is 31.1 Å². The summed E-state index contributed by atoms with van der Waals surface area (Å²) in [6.07, 6.45) is 0. The molecule has 0 bridgehead atoms. The second kappa shape index (κ2) is 7.08. The molecule has 1 aliphatic rings. The SMILES string of the molecule is N#Cc1cc(Cl)ccc1N1CCN(C(=O)c2ccc(F)cc2F)CC1. The highest BCUT2D eigenvalue weighted by Crippen LogP contribution is 2.25. The molecule has 4 nitrogen and oxygen atoms in total. The Morgan fingerprint density at radius 2 is 1.80 bits per heavy atom. The lowest BCUT2D eigenvalue weighted by Crippen LogP contribution is -2.49. The lowest BCUT2D eigenvalue weighted by atomic mass is 10.1. The molecular weight excluding hydrogens is 348 g/mol. The van der Waals surface area contributed by atoms with Crippen LogP contribution in [0.25, 0.3) is 0 Å². The van der Waals surface area contributed by atoms with E-state index in [0.29, 0.717) is 42.8 Å². The van der Waals surface area contributed by atoms with Gasteiger partial charge in [0, 0.05) is 37.3 Å². The number of rotatable bonds is 2. The molecule has 2 aromatic rings. The Kier molecular flexibility index (Phi) is 4.86. The van der Waals surface area contributed by atoms with Gasteiger partial charge in [-0.1, -0.05) is 11.6 Å². The van der Waals surface area contributed by atoms with Gasteiger partial charge in [-0.05, 0) is 30.3 Å². The zero-order valence-electron chi connectivity index (χ0n) is 13.2. The van der Waals surface area contributed by atoms with Gasteiger partial charge in [0.15, 0.2) is 0 Å². The zero-order chi connectivity index (χ0) is 18.0. The quantitative estimate of drug-likeness (QED) is 0.823. The molecule has 3 rings (SSSR count). The minimum atomic E-state index is -0.864. The van der Waals surface area contributed by atoms with Crippen molar-refractivity contribution in [2.45, 2.75) is 0 Å². The molecule has 0 aromatic heterocycles. The Hall–Kier alpha value is -2.65. The van der Waals surface area contributed by atoms with Crippen LogP contribution in [0.5, 0.6) is 0 Å². The van der Waals surface area contributed by atoms with Gasteiger partial charge in [-0.2, -0.15) is 5.26 Å². The number of nitriles is 1. The average molecular weight is 362 g/mol. The van der Waals surface area contributed by atoms with Crippen LogP contribution in [0.4, 0.5) is 14.5 Å². The summed E-state index contributed by atoms with van der Waals surface area (Å²) < 4.78 is 26.8. The molecule has 0 saturated carbocycles. The van der Waals surface area contributed by atoms with Crippen molar-refractivity contribution in [3.63, 3.8) is 0 Å². The highest BCUT2D eigenvalue weighted by Gasteiger charge is 2.25. The van der Waals surface area contributed by atoms with Crippen LogP contribution in [0.2, 0.25) is 5.02 Å². The number of piperazine rings is 1. The van der Waals surface area contributed by atoms with E-state index in [-0.39, 0.29) is 5.56 Å². The molecule has 1 amide bonds. The minimum Gasteiger partial charge on any atom is -0.367 e. The molecular formula is C18H14ClF2N3O. The third-order valence-electron chi connectivity index (χ3n) is 4.15. The molecule has 128 valence electrons. The standard InChI is InChI=1S/C18H14ClF2N3O/c19-13-1-4-17(12(9-13)11-22)23-5-7-24(8-6-23)18(25)15-3-2-14(20)10-16(15)21/h1-4,9-10H,5-8H2. The van der Waals surface area contributed by atoms with Crippen molar-refractivity contribution in [3.8, 4) is 6.07 Å². The number of anilines is 1. The summed E-state index contributed by atoms with van der Waals surface area (Å²) in [6.45, 7) is 1.77. The lowest BCUT2D eigenvalue weighted by Gasteiger charge is -2.36. The summed E-state index contributed by atoms with van der Waals surface area (Å²) in [6, 6.07) is 10.1. The predicted octanol–water partition coefficient (Wildman–Crippen LogP) is 3.45. The van der Waals surface area contributed by atoms with Crippen LogP contribution in [0.3, 0.4) is 0 Å². The molecule has 1 saturated heterocycles. The van der Waals surface area contributed by atoms with Crippen LogP contribution < -0.4 is 4.90 Å². The van der Waals surface area contributed by atoms with Crippen LogP contribution in [0.1, 0.15) is 15.9 Å². The summed E-state index contributed by atoms with van der Waals surface area (Å²) in [5, 5.41) is 9.73. The first-order valence-electron chi connectivity index (χ1n) is 7.68. The van der Waals surface area contributed by atoms with Crippen molar-refractivity contribution in [1.29, 1.82) is 5.26 Å². The number of carbonyl (C=O) groups is 1. The normalized spacial score (nSPS) is 14.3. The first-order chi connectivity index (χ1) is 12.0. The number of amides is 1. The van der Waals surface area contributed by atoms with Crippen molar-refractivity contribution < 1.29 is 13.6 Å². The van der Waals surface area contributed by atoms with E-state index >= 15 is 0 Å². The molecule has 25 heavy (non-hydrogen) atoms. The molecule has 1 fully saturated rings. The van der Waals surface area contributed by atoms with E-state index in [2.05, 4.69) is 6.07 Å². The van der Waals surface area contributed by atoms with E-state index in [1.54, 1.807) is 18.2 Å². The average Bonchev–Trinajstić information content (AvgIpc) is 2.61. The van der Waals surface area contributed by atoms with E-state index in [1.165, 1.54) is 4.90 Å². The topological polar surface area (TPSA) is 47.3 Å². The van der Waals surface area contributed by atoms with Gasteiger partial charge in [0.25, 0.3) is 5.91 Å². The fraction of sp³-hybridized carbons (Fsp3) is 0.222. The van der Waals surface area contributed by atoms with Crippen LogP contribution >= 0.6 is 11.6 Å². The fourth-order valence-electron chi connectivity index (χ4n) is 2.86. The molecule has 0 aliphatic carbocycles. The molecule has 0 radical (unpaired) electrons. The van der Waals surface area contributed by atoms with Crippen LogP contribution in [-0.2, 0) is 0 Å². The van der Waals surface area contributed by atoms with Gasteiger partial charge in [-0.25, -0.2) is 8.78 Å². The van der Waals surface area contributed by atoms with Crippen molar-refractivity contribution >= 4 is 23.2 Å². The van der Waals surface area contributed by atoms with Gasteiger partial charge < -0.3 is 9.80 Å². The first-order valence-corrected chi connectivity index (χ1v) is 8.06. The van der Waals surface area contributed by atoms with Gasteiger partial charge in [0.1, 0.15) is 17.7 Å². The summed E-state index contributed by atoms with van der Waals surface area (Å²) in [5.41, 5.74) is 1.09. The smallest absolute Gasteiger partial charge is 0.256 e. The third-order valence-corrected chi connectivity index (χ3v) is 4.38. The van der Waals surface area contributed by atoms with Crippen LogP contribution in [-0.4, -0.2) is 37.0 Å². The zero-order valence-corrected chi connectivity index (χ0v) is 13.9. The van der Waals surface area contributed by atoms with Gasteiger partial charge in [0.2, 0.25) is 0 Å². The Morgan fingerprint density at radius 1 is 1.08 bits per heavy atom. The molecule has 0 atom stereocenters. The maximum absolute atomic E-state index is 13.8. The van der Waals surface area contributed by atoms with E-state index in [9.17, 15) is 18.8 Å². The van der Waals surface area contributed by atoms with E-state index in [4.69, 9.17) is 11.6 Å². The number of carbonyl (C=O) groups excluding carboxylic acids is 1. The van der Waals surface area contributed by atoms with Crippen molar-refractivity contribution in [1.82, 2.24) is 4.90 Å². The number of halogens is 3. The molecule has 0 spiro atoms. The van der Waals surface area contributed by atoms with Crippen LogP contribution in [0, 0.1) is 23.0 Å². The van der Waals surface area contributed by atoms with Crippen molar-refractivity contribution in [2.24, 2.45) is 0 Å². The van der Waals surface area contributed by atoms with E-state index in [1.807, 2.05) is 4.90 Å². The van der Waals surface area contributed by atoms with Crippen molar-refractivity contribution in [3.05, 3.63) is 64.2 Å². The fourth-order valence-corrected chi connectivity index (χ4v) is 3.03. The van der Waals surface area contributed by atoms with E-state index in [0.717, 1.165) is 17.8 Å². The Bertz CT molecular complexity index is 858. The third kappa shape index (κ3) is 3.57. The molecule has 1 heterocycles. The second-order valence-electron chi connectivity index (χ2n) is 5.68. The summed E-state index contributed by atoms with van der Waals surface area (Å²) in [4.78, 5) is 15.9. The largest absolute Gasteiger partial charge is 0.367 e. The number of hydrogen-bond donors (Lipinski definition) is 0. The van der Waals surface area contributed by atoms with Gasteiger partial charge in [-0.15, -0.1) is 0 Å². The molecule has 1 aliphatic heterocycles. The Labute approximate surface area is 148 Å². The second-order valence-corrected chi connectivity index (χ2v) is 6.11. The molecule has 0 unspecified atom stereocenters.